The van der Waals surface area contributed by atoms with E-state index in [9.17, 15) is 4.39 Å². The van der Waals surface area contributed by atoms with Gasteiger partial charge in [-0.3, -0.25) is 4.99 Å². The van der Waals surface area contributed by atoms with E-state index in [1.165, 1.54) is 0 Å². The minimum atomic E-state index is -0.367. The number of hydrogen-bond donors (Lipinski definition) is 2. The first-order valence-electron chi connectivity index (χ1n) is 4.08. The van der Waals surface area contributed by atoms with Crippen LogP contribution >= 0.6 is 0 Å². The molecule has 0 spiro atoms. The Kier molecular flexibility index (Phi) is 1.92. The highest BCUT2D eigenvalue weighted by molar-refractivity contribution is 6.05. The van der Waals surface area contributed by atoms with Gasteiger partial charge in [-0.15, -0.1) is 0 Å². The second kappa shape index (κ2) is 3.10. The lowest BCUT2D eigenvalue weighted by molar-refractivity contribution is 0.634. The number of aromatic amines is 1. The molecule has 72 valence electrons. The summed E-state index contributed by atoms with van der Waals surface area (Å²) in [6, 6.07) is 1.64. The molecule has 4 nitrogen and oxygen atoms in total. The predicted molar refractivity (Wildman–Crippen MR) is 52.7 cm³/mol. The van der Waals surface area contributed by atoms with Crippen LogP contribution in [0.2, 0.25) is 0 Å². The Morgan fingerprint density at radius 2 is 2.43 bits per heavy atom. The van der Waals surface area contributed by atoms with Crippen LogP contribution in [0.4, 0.5) is 4.39 Å². The third-order valence-electron chi connectivity index (χ3n) is 2.03. The normalized spacial score (nSPS) is 12.3. The van der Waals surface area contributed by atoms with Gasteiger partial charge < -0.3 is 10.7 Å². The molecule has 0 bridgehead atoms. The van der Waals surface area contributed by atoms with Crippen molar-refractivity contribution in [3.8, 4) is 0 Å². The van der Waals surface area contributed by atoms with Gasteiger partial charge in [-0.05, 0) is 6.07 Å². The zero-order chi connectivity index (χ0) is 10.1. The molecule has 0 saturated carbocycles. The third kappa shape index (κ3) is 1.14. The van der Waals surface area contributed by atoms with Crippen molar-refractivity contribution in [2.75, 3.05) is 7.05 Å². The number of halogens is 1. The van der Waals surface area contributed by atoms with Crippen molar-refractivity contribution in [1.29, 1.82) is 0 Å². The molecule has 0 aromatic carbocycles. The van der Waals surface area contributed by atoms with Gasteiger partial charge in [0.2, 0.25) is 0 Å². The highest BCUT2D eigenvalue weighted by Gasteiger charge is 2.10. The Labute approximate surface area is 79.7 Å². The highest BCUT2D eigenvalue weighted by Crippen LogP contribution is 2.17. The summed E-state index contributed by atoms with van der Waals surface area (Å²) in [4.78, 5) is 10.6. The maximum Gasteiger partial charge on any atom is 0.150 e. The Morgan fingerprint density at radius 3 is 3.14 bits per heavy atom. The highest BCUT2D eigenvalue weighted by atomic mass is 19.1. The number of aliphatic imine (C=N–C) groups is 1. The summed E-state index contributed by atoms with van der Waals surface area (Å²) in [5.41, 5.74) is 6.67. The van der Waals surface area contributed by atoms with Crippen molar-refractivity contribution in [1.82, 2.24) is 9.97 Å². The molecule has 3 N–H and O–H groups in total. The van der Waals surface area contributed by atoms with Gasteiger partial charge >= 0.3 is 0 Å². The topological polar surface area (TPSA) is 67.1 Å². The van der Waals surface area contributed by atoms with Crippen LogP contribution in [-0.2, 0) is 0 Å². The second-order valence-electron chi connectivity index (χ2n) is 2.83. The maximum atomic E-state index is 13.2. The summed E-state index contributed by atoms with van der Waals surface area (Å²) in [6.07, 6.45) is 2.78. The van der Waals surface area contributed by atoms with Crippen LogP contribution in [0.15, 0.2) is 23.5 Å². The fraction of sp³-hybridized carbons (Fsp3) is 0.111. The summed E-state index contributed by atoms with van der Waals surface area (Å²) < 4.78 is 13.2. The number of H-pyrrole nitrogens is 1. The fourth-order valence-corrected chi connectivity index (χ4v) is 1.32. The third-order valence-corrected chi connectivity index (χ3v) is 2.03. The lowest BCUT2D eigenvalue weighted by Crippen LogP contribution is -2.15. The summed E-state index contributed by atoms with van der Waals surface area (Å²) >= 11 is 0. The molecular formula is C9H9FN4. The van der Waals surface area contributed by atoms with Gasteiger partial charge in [0.1, 0.15) is 11.5 Å². The van der Waals surface area contributed by atoms with Crippen LogP contribution in [0.25, 0.3) is 10.9 Å². The first kappa shape index (κ1) is 8.68. The summed E-state index contributed by atoms with van der Waals surface area (Å²) in [5, 5.41) is 0.474. The van der Waals surface area contributed by atoms with E-state index in [4.69, 9.17) is 5.73 Å². The molecule has 0 amide bonds. The van der Waals surface area contributed by atoms with Crippen LogP contribution in [0.3, 0.4) is 0 Å². The van der Waals surface area contributed by atoms with Crippen molar-refractivity contribution >= 4 is 16.7 Å². The monoisotopic (exact) mass is 192 g/mol. The second-order valence-corrected chi connectivity index (χ2v) is 2.83. The molecule has 0 aliphatic rings. The minimum Gasteiger partial charge on any atom is -0.382 e. The first-order valence-corrected chi connectivity index (χ1v) is 4.08. The maximum absolute atomic E-state index is 13.2. The zero-order valence-corrected chi connectivity index (χ0v) is 7.58. The van der Waals surface area contributed by atoms with Gasteiger partial charge in [-0.25, -0.2) is 9.37 Å². The average Bonchev–Trinajstić information content (AvgIpc) is 2.67. The van der Waals surface area contributed by atoms with Crippen LogP contribution in [0.1, 0.15) is 5.69 Å². The van der Waals surface area contributed by atoms with E-state index < -0.39 is 0 Å². The predicted octanol–water partition coefficient (Wildman–Crippen LogP) is 1.04. The molecule has 2 rings (SSSR count). The number of rotatable bonds is 1. The van der Waals surface area contributed by atoms with Gasteiger partial charge in [0.15, 0.2) is 5.82 Å². The smallest absolute Gasteiger partial charge is 0.150 e. The van der Waals surface area contributed by atoms with Crippen molar-refractivity contribution in [2.45, 2.75) is 0 Å². The van der Waals surface area contributed by atoms with E-state index in [1.807, 2.05) is 0 Å². The number of nitrogens with zero attached hydrogens (tertiary/aromatic N) is 2. The Bertz CT molecular complexity index is 500. The van der Waals surface area contributed by atoms with Crippen molar-refractivity contribution in [3.05, 3.63) is 30.0 Å². The Morgan fingerprint density at radius 1 is 1.64 bits per heavy atom. The number of pyridine rings is 1. The van der Waals surface area contributed by atoms with Gasteiger partial charge in [-0.2, -0.15) is 0 Å². The standard InChI is InChI=1S/C9H9FN4/c1-12-9(11)8-7-5(2-3-13-7)6(10)4-14-8/h2-4,13H,1H3,(H2,11,12). The largest absolute Gasteiger partial charge is 0.382 e. The Hall–Kier alpha value is -1.91. The molecule has 14 heavy (non-hydrogen) atoms. The van der Waals surface area contributed by atoms with Crippen LogP contribution in [-0.4, -0.2) is 22.9 Å². The molecule has 0 atom stereocenters. The number of hydrogen-bond acceptors (Lipinski definition) is 2. The molecule has 0 aliphatic heterocycles. The quantitative estimate of drug-likeness (QED) is 0.523. The minimum absolute atomic E-state index is 0.289. The molecule has 2 heterocycles. The molecule has 0 radical (unpaired) electrons. The van der Waals surface area contributed by atoms with E-state index in [-0.39, 0.29) is 11.7 Å². The summed E-state index contributed by atoms with van der Waals surface area (Å²) in [6.45, 7) is 0. The first-order chi connectivity index (χ1) is 6.74. The SMILES string of the molecule is CN=C(N)c1ncc(F)c2cc[nH]c12. The Balaban J connectivity index is 2.79. The van der Waals surface area contributed by atoms with E-state index in [2.05, 4.69) is 15.0 Å². The van der Waals surface area contributed by atoms with Crippen molar-refractivity contribution in [3.63, 3.8) is 0 Å². The lowest BCUT2D eigenvalue weighted by atomic mass is 10.2. The summed E-state index contributed by atoms with van der Waals surface area (Å²) in [7, 11) is 1.56. The van der Waals surface area contributed by atoms with E-state index in [0.29, 0.717) is 16.6 Å². The van der Waals surface area contributed by atoms with Crippen molar-refractivity contribution in [2.24, 2.45) is 10.7 Å². The van der Waals surface area contributed by atoms with Crippen LogP contribution < -0.4 is 5.73 Å². The van der Waals surface area contributed by atoms with E-state index in [1.54, 1.807) is 19.3 Å². The average molecular weight is 192 g/mol. The molecular weight excluding hydrogens is 183 g/mol. The van der Waals surface area contributed by atoms with Gasteiger partial charge in [0, 0.05) is 18.6 Å². The molecule has 0 saturated heterocycles. The van der Waals surface area contributed by atoms with E-state index in [0.717, 1.165) is 6.20 Å². The van der Waals surface area contributed by atoms with E-state index >= 15 is 0 Å². The molecule has 0 unspecified atom stereocenters. The number of nitrogens with one attached hydrogen (secondary N) is 1. The zero-order valence-electron chi connectivity index (χ0n) is 7.58. The molecule has 0 fully saturated rings. The summed E-state index contributed by atoms with van der Waals surface area (Å²) in [5.74, 6) is -0.0775. The number of amidine groups is 1. The molecule has 0 aliphatic carbocycles. The number of fused-ring (bicyclic) bond motifs is 1. The molecule has 2 aromatic rings. The van der Waals surface area contributed by atoms with Gasteiger partial charge in [0.25, 0.3) is 0 Å². The molecule has 2 aromatic heterocycles. The van der Waals surface area contributed by atoms with Gasteiger partial charge in [-0.1, -0.05) is 0 Å². The lowest BCUT2D eigenvalue weighted by Gasteiger charge is -2.01. The van der Waals surface area contributed by atoms with Crippen LogP contribution in [0, 0.1) is 5.82 Å². The molecule has 5 heteroatoms. The van der Waals surface area contributed by atoms with Crippen molar-refractivity contribution < 1.29 is 4.39 Å². The van der Waals surface area contributed by atoms with Gasteiger partial charge in [0.05, 0.1) is 11.7 Å². The van der Waals surface area contributed by atoms with Crippen LogP contribution in [0.5, 0.6) is 0 Å². The number of nitrogens with two attached hydrogens (primary N) is 1. The fourth-order valence-electron chi connectivity index (χ4n) is 1.32. The number of aromatic nitrogens is 2.